The van der Waals surface area contributed by atoms with E-state index in [1.165, 1.54) is 16.0 Å². The van der Waals surface area contributed by atoms with Gasteiger partial charge in [0.2, 0.25) is 0 Å². The first-order valence-corrected chi connectivity index (χ1v) is 8.57. The number of rotatable bonds is 7. The molecule has 0 heterocycles. The number of nitrogens with one attached hydrogen (secondary N) is 1. The first-order valence-electron chi connectivity index (χ1n) is 7.35. The Morgan fingerprint density at radius 3 is 2.52 bits per heavy atom. The average molecular weight is 301 g/mol. The minimum Gasteiger partial charge on any atom is -0.457 e. The molecule has 0 aromatic heterocycles. The molecule has 0 aliphatic carbocycles. The summed E-state index contributed by atoms with van der Waals surface area (Å²) in [5, 5.41) is 3.44. The molecular formula is C18H23NOS. The van der Waals surface area contributed by atoms with Gasteiger partial charge in [0.15, 0.2) is 0 Å². The topological polar surface area (TPSA) is 21.3 Å². The Bertz CT molecular complexity index is 566. The predicted molar refractivity (Wildman–Crippen MR) is 91.5 cm³/mol. The average Bonchev–Trinajstić information content (AvgIpc) is 2.51. The zero-order valence-electron chi connectivity index (χ0n) is 13.0. The summed E-state index contributed by atoms with van der Waals surface area (Å²) < 4.78 is 6.05. The summed E-state index contributed by atoms with van der Waals surface area (Å²) in [6.07, 6.45) is 3.21. The minimum absolute atomic E-state index is 0.841. The van der Waals surface area contributed by atoms with Crippen LogP contribution in [-0.2, 0) is 6.54 Å². The van der Waals surface area contributed by atoms with Crippen LogP contribution in [0.4, 0.5) is 0 Å². The molecule has 0 bridgehead atoms. The van der Waals surface area contributed by atoms with Crippen LogP contribution in [0.15, 0.2) is 47.4 Å². The van der Waals surface area contributed by atoms with Crippen molar-refractivity contribution < 1.29 is 4.74 Å². The number of benzene rings is 2. The molecule has 0 saturated heterocycles. The van der Waals surface area contributed by atoms with Crippen molar-refractivity contribution in [2.45, 2.75) is 31.7 Å². The van der Waals surface area contributed by atoms with Gasteiger partial charge in [-0.2, -0.15) is 0 Å². The molecule has 2 aromatic carbocycles. The Morgan fingerprint density at radius 2 is 1.86 bits per heavy atom. The van der Waals surface area contributed by atoms with E-state index in [9.17, 15) is 0 Å². The Morgan fingerprint density at radius 1 is 1.10 bits per heavy atom. The highest BCUT2D eigenvalue weighted by atomic mass is 32.2. The molecule has 0 aliphatic rings. The normalized spacial score (nSPS) is 10.6. The molecule has 0 spiro atoms. The summed E-state index contributed by atoms with van der Waals surface area (Å²) in [6.45, 7) is 6.15. The molecule has 0 saturated carbocycles. The first-order chi connectivity index (χ1) is 10.2. The van der Waals surface area contributed by atoms with Gasteiger partial charge in [0, 0.05) is 17.0 Å². The number of ether oxygens (including phenoxy) is 1. The van der Waals surface area contributed by atoms with E-state index in [0.717, 1.165) is 31.0 Å². The molecule has 112 valence electrons. The van der Waals surface area contributed by atoms with Crippen molar-refractivity contribution in [1.29, 1.82) is 0 Å². The minimum atomic E-state index is 0.841. The van der Waals surface area contributed by atoms with E-state index >= 15 is 0 Å². The molecule has 2 rings (SSSR count). The molecule has 0 amide bonds. The summed E-state index contributed by atoms with van der Waals surface area (Å²) in [5.74, 6) is 1.81. The van der Waals surface area contributed by atoms with Crippen molar-refractivity contribution in [1.82, 2.24) is 5.32 Å². The van der Waals surface area contributed by atoms with E-state index < -0.39 is 0 Å². The van der Waals surface area contributed by atoms with Gasteiger partial charge in [-0.15, -0.1) is 11.8 Å². The van der Waals surface area contributed by atoms with Gasteiger partial charge in [0.1, 0.15) is 11.5 Å². The summed E-state index contributed by atoms with van der Waals surface area (Å²) in [5.41, 5.74) is 2.46. The van der Waals surface area contributed by atoms with Gasteiger partial charge in [0.05, 0.1) is 0 Å². The van der Waals surface area contributed by atoms with Crippen LogP contribution in [-0.4, -0.2) is 12.8 Å². The van der Waals surface area contributed by atoms with E-state index in [1.807, 2.05) is 12.1 Å². The highest BCUT2D eigenvalue weighted by Crippen LogP contribution is 2.27. The van der Waals surface area contributed by atoms with Crippen molar-refractivity contribution in [3.8, 4) is 11.5 Å². The van der Waals surface area contributed by atoms with E-state index in [1.54, 1.807) is 11.8 Å². The first kappa shape index (κ1) is 15.9. The lowest BCUT2D eigenvalue weighted by molar-refractivity contribution is 0.472. The van der Waals surface area contributed by atoms with Crippen LogP contribution in [0.25, 0.3) is 0 Å². The second-order valence-corrected chi connectivity index (χ2v) is 5.95. The van der Waals surface area contributed by atoms with Gasteiger partial charge in [0.25, 0.3) is 0 Å². The van der Waals surface area contributed by atoms with E-state index in [-0.39, 0.29) is 0 Å². The number of thioether (sulfide) groups is 1. The van der Waals surface area contributed by atoms with Gasteiger partial charge in [-0.05, 0) is 56.5 Å². The summed E-state index contributed by atoms with van der Waals surface area (Å²) in [7, 11) is 0. The van der Waals surface area contributed by atoms with Crippen LogP contribution in [0.1, 0.15) is 24.5 Å². The van der Waals surface area contributed by atoms with Crippen molar-refractivity contribution in [3.63, 3.8) is 0 Å². The maximum absolute atomic E-state index is 6.05. The van der Waals surface area contributed by atoms with Crippen LogP contribution in [0.2, 0.25) is 0 Å². The summed E-state index contributed by atoms with van der Waals surface area (Å²) in [6, 6.07) is 14.6. The standard InChI is InChI=1S/C18H23NOS/c1-4-11-19-13-15-12-14(2)5-10-18(15)20-16-6-8-17(21-3)9-7-16/h5-10,12,19H,4,11,13H2,1-3H3. The van der Waals surface area contributed by atoms with Gasteiger partial charge in [-0.1, -0.05) is 24.6 Å². The number of hydrogen-bond acceptors (Lipinski definition) is 3. The zero-order chi connectivity index (χ0) is 15.1. The Kier molecular flexibility index (Phi) is 6.15. The van der Waals surface area contributed by atoms with Crippen molar-refractivity contribution >= 4 is 11.8 Å². The van der Waals surface area contributed by atoms with E-state index in [0.29, 0.717) is 0 Å². The molecule has 0 fully saturated rings. The highest BCUT2D eigenvalue weighted by Gasteiger charge is 2.05. The Labute approximate surface area is 131 Å². The lowest BCUT2D eigenvalue weighted by atomic mass is 10.1. The predicted octanol–water partition coefficient (Wildman–Crippen LogP) is 5.01. The quantitative estimate of drug-likeness (QED) is 0.574. The fourth-order valence-corrected chi connectivity index (χ4v) is 2.52. The molecule has 2 aromatic rings. The third-order valence-electron chi connectivity index (χ3n) is 3.25. The lowest BCUT2D eigenvalue weighted by Crippen LogP contribution is -2.14. The van der Waals surface area contributed by atoms with Crippen molar-refractivity contribution in [2.24, 2.45) is 0 Å². The fourth-order valence-electron chi connectivity index (χ4n) is 2.12. The van der Waals surface area contributed by atoms with Gasteiger partial charge in [-0.3, -0.25) is 0 Å². The van der Waals surface area contributed by atoms with Crippen LogP contribution in [0.3, 0.4) is 0 Å². The smallest absolute Gasteiger partial charge is 0.131 e. The van der Waals surface area contributed by atoms with Gasteiger partial charge < -0.3 is 10.1 Å². The van der Waals surface area contributed by atoms with Gasteiger partial charge in [-0.25, -0.2) is 0 Å². The summed E-state index contributed by atoms with van der Waals surface area (Å²) >= 11 is 1.74. The van der Waals surface area contributed by atoms with E-state index in [4.69, 9.17) is 4.74 Å². The maximum atomic E-state index is 6.05. The Balaban J connectivity index is 2.13. The van der Waals surface area contributed by atoms with Crippen LogP contribution >= 0.6 is 11.8 Å². The van der Waals surface area contributed by atoms with Crippen molar-refractivity contribution in [3.05, 3.63) is 53.6 Å². The third kappa shape index (κ3) is 4.80. The maximum Gasteiger partial charge on any atom is 0.131 e. The van der Waals surface area contributed by atoms with Crippen molar-refractivity contribution in [2.75, 3.05) is 12.8 Å². The van der Waals surface area contributed by atoms with Crippen LogP contribution < -0.4 is 10.1 Å². The fraction of sp³-hybridized carbons (Fsp3) is 0.333. The van der Waals surface area contributed by atoms with E-state index in [2.05, 4.69) is 55.8 Å². The molecule has 2 nitrogen and oxygen atoms in total. The molecule has 21 heavy (non-hydrogen) atoms. The second-order valence-electron chi connectivity index (χ2n) is 5.07. The largest absolute Gasteiger partial charge is 0.457 e. The number of aryl methyl sites for hydroxylation is 1. The third-order valence-corrected chi connectivity index (χ3v) is 3.99. The number of hydrogen-bond donors (Lipinski definition) is 1. The molecule has 0 atom stereocenters. The molecule has 0 radical (unpaired) electrons. The molecule has 0 unspecified atom stereocenters. The zero-order valence-corrected chi connectivity index (χ0v) is 13.8. The van der Waals surface area contributed by atoms with Crippen LogP contribution in [0, 0.1) is 6.92 Å². The van der Waals surface area contributed by atoms with Crippen LogP contribution in [0.5, 0.6) is 11.5 Å². The second kappa shape index (κ2) is 8.11. The molecular weight excluding hydrogens is 278 g/mol. The SMILES string of the molecule is CCCNCc1cc(C)ccc1Oc1ccc(SC)cc1. The van der Waals surface area contributed by atoms with Gasteiger partial charge >= 0.3 is 0 Å². The highest BCUT2D eigenvalue weighted by molar-refractivity contribution is 7.98. The summed E-state index contributed by atoms with van der Waals surface area (Å²) in [4.78, 5) is 1.25. The molecule has 1 N–H and O–H groups in total. The monoisotopic (exact) mass is 301 g/mol. The molecule has 0 aliphatic heterocycles. The lowest BCUT2D eigenvalue weighted by Gasteiger charge is -2.13. The molecule has 3 heteroatoms. The Hall–Kier alpha value is -1.45.